The number of methoxy groups -OCH3 is 3. The molecule has 0 amide bonds. The Morgan fingerprint density at radius 2 is 1.96 bits per heavy atom. The fourth-order valence-corrected chi connectivity index (χ4v) is 4.08. The molecule has 0 bridgehead atoms. The van der Waals surface area contributed by atoms with Crippen LogP contribution in [-0.2, 0) is 17.6 Å². The predicted molar refractivity (Wildman–Crippen MR) is 94.5 cm³/mol. The number of carbonyl (C=O) groups is 1. The normalized spacial score (nSPS) is 13.1. The van der Waals surface area contributed by atoms with Crippen molar-refractivity contribution in [3.63, 3.8) is 0 Å². The molecule has 1 aliphatic carbocycles. The van der Waals surface area contributed by atoms with Gasteiger partial charge in [-0.2, -0.15) is 0 Å². The first kappa shape index (κ1) is 16.5. The van der Waals surface area contributed by atoms with Crippen molar-refractivity contribution in [2.75, 3.05) is 21.3 Å². The zero-order valence-electron chi connectivity index (χ0n) is 13.9. The standard InChI is InChI=1S/C18H19NO4S/c1-21-13-8-7-11(9-14(13)22-2)10-19-17-16(18(20)23-3)12-5-4-6-15(12)24-17/h7-10H,4-6H2,1-3H3. The Kier molecular flexibility index (Phi) is 4.85. The molecule has 0 saturated carbocycles. The van der Waals surface area contributed by atoms with Crippen molar-refractivity contribution >= 4 is 28.5 Å². The van der Waals surface area contributed by atoms with E-state index in [4.69, 9.17) is 14.2 Å². The lowest BCUT2D eigenvalue weighted by molar-refractivity contribution is 0.0601. The molecular weight excluding hydrogens is 326 g/mol. The molecule has 5 nitrogen and oxygen atoms in total. The summed E-state index contributed by atoms with van der Waals surface area (Å²) in [5.41, 5.74) is 2.59. The van der Waals surface area contributed by atoms with Crippen LogP contribution in [0, 0.1) is 0 Å². The smallest absolute Gasteiger partial charge is 0.341 e. The lowest BCUT2D eigenvalue weighted by Gasteiger charge is -2.07. The lowest BCUT2D eigenvalue weighted by atomic mass is 10.1. The lowest BCUT2D eigenvalue weighted by Crippen LogP contribution is -2.03. The van der Waals surface area contributed by atoms with Crippen LogP contribution in [0.1, 0.15) is 32.8 Å². The average molecular weight is 345 g/mol. The van der Waals surface area contributed by atoms with Crippen LogP contribution >= 0.6 is 11.3 Å². The maximum absolute atomic E-state index is 12.1. The van der Waals surface area contributed by atoms with Gasteiger partial charge >= 0.3 is 5.97 Å². The highest BCUT2D eigenvalue weighted by atomic mass is 32.1. The molecule has 24 heavy (non-hydrogen) atoms. The maximum Gasteiger partial charge on any atom is 0.341 e. The first-order valence-corrected chi connectivity index (χ1v) is 8.48. The van der Waals surface area contributed by atoms with Gasteiger partial charge in [-0.05, 0) is 48.6 Å². The number of carbonyl (C=O) groups excluding carboxylic acids is 1. The van der Waals surface area contributed by atoms with Gasteiger partial charge in [0.05, 0.1) is 26.9 Å². The van der Waals surface area contributed by atoms with E-state index in [1.807, 2.05) is 18.2 Å². The molecule has 0 aliphatic heterocycles. The van der Waals surface area contributed by atoms with E-state index in [9.17, 15) is 4.79 Å². The van der Waals surface area contributed by atoms with Crippen molar-refractivity contribution in [2.45, 2.75) is 19.3 Å². The summed E-state index contributed by atoms with van der Waals surface area (Å²) in [4.78, 5) is 17.9. The largest absolute Gasteiger partial charge is 0.493 e. The van der Waals surface area contributed by atoms with Crippen molar-refractivity contribution < 1.29 is 19.0 Å². The van der Waals surface area contributed by atoms with Crippen LogP contribution in [0.3, 0.4) is 0 Å². The molecule has 0 spiro atoms. The number of rotatable bonds is 5. The Morgan fingerprint density at radius 1 is 1.17 bits per heavy atom. The van der Waals surface area contributed by atoms with E-state index in [2.05, 4.69) is 4.99 Å². The van der Waals surface area contributed by atoms with Gasteiger partial charge in [-0.25, -0.2) is 9.79 Å². The quantitative estimate of drug-likeness (QED) is 0.611. The molecule has 3 rings (SSSR count). The van der Waals surface area contributed by atoms with Gasteiger partial charge in [0.15, 0.2) is 11.5 Å². The van der Waals surface area contributed by atoms with E-state index in [-0.39, 0.29) is 5.97 Å². The van der Waals surface area contributed by atoms with Crippen molar-refractivity contribution in [3.8, 4) is 11.5 Å². The first-order chi connectivity index (χ1) is 11.7. The van der Waals surface area contributed by atoms with Crippen molar-refractivity contribution in [3.05, 3.63) is 39.8 Å². The van der Waals surface area contributed by atoms with Crippen LogP contribution in [0.15, 0.2) is 23.2 Å². The number of benzene rings is 1. The highest BCUT2D eigenvalue weighted by molar-refractivity contribution is 7.16. The number of esters is 1. The minimum atomic E-state index is -0.311. The summed E-state index contributed by atoms with van der Waals surface area (Å²) in [6.45, 7) is 0. The second-order valence-corrected chi connectivity index (χ2v) is 6.49. The topological polar surface area (TPSA) is 57.1 Å². The molecule has 0 atom stereocenters. The Morgan fingerprint density at radius 3 is 2.67 bits per heavy atom. The summed E-state index contributed by atoms with van der Waals surface area (Å²) in [5, 5.41) is 0.710. The molecule has 2 aromatic rings. The maximum atomic E-state index is 12.1. The summed E-state index contributed by atoms with van der Waals surface area (Å²) in [6.07, 6.45) is 4.75. The van der Waals surface area contributed by atoms with Crippen molar-refractivity contribution in [1.29, 1.82) is 0 Å². The first-order valence-electron chi connectivity index (χ1n) is 7.67. The highest BCUT2D eigenvalue weighted by Gasteiger charge is 2.26. The number of fused-ring (bicyclic) bond motifs is 1. The van der Waals surface area contributed by atoms with Crippen LogP contribution in [0.5, 0.6) is 11.5 Å². The minimum absolute atomic E-state index is 0.311. The molecule has 0 fully saturated rings. The number of aliphatic imine (C=N–C) groups is 1. The fourth-order valence-electron chi connectivity index (χ4n) is 2.86. The number of nitrogens with zero attached hydrogens (tertiary/aromatic N) is 1. The summed E-state index contributed by atoms with van der Waals surface area (Å²) in [6, 6.07) is 5.57. The number of ether oxygens (including phenoxy) is 3. The van der Waals surface area contributed by atoms with E-state index in [0.29, 0.717) is 22.1 Å². The second-order valence-electron chi connectivity index (χ2n) is 5.40. The highest BCUT2D eigenvalue weighted by Crippen LogP contribution is 2.41. The van der Waals surface area contributed by atoms with Gasteiger partial charge in [-0.15, -0.1) is 11.3 Å². The van der Waals surface area contributed by atoms with Crippen LogP contribution in [0.2, 0.25) is 0 Å². The molecular formula is C18H19NO4S. The van der Waals surface area contributed by atoms with Crippen molar-refractivity contribution in [2.24, 2.45) is 4.99 Å². The molecule has 0 unspecified atom stereocenters. The van der Waals surface area contributed by atoms with E-state index >= 15 is 0 Å². The van der Waals surface area contributed by atoms with Crippen molar-refractivity contribution in [1.82, 2.24) is 0 Å². The monoisotopic (exact) mass is 345 g/mol. The third kappa shape index (κ3) is 3.01. The van der Waals surface area contributed by atoms with E-state index in [1.54, 1.807) is 31.8 Å². The van der Waals surface area contributed by atoms with Gasteiger partial charge in [-0.1, -0.05) is 0 Å². The van der Waals surface area contributed by atoms with E-state index in [0.717, 1.165) is 30.4 Å². The Labute approximate surface area is 144 Å². The number of hydrogen-bond acceptors (Lipinski definition) is 6. The predicted octanol–water partition coefficient (Wildman–Crippen LogP) is 3.79. The molecule has 126 valence electrons. The van der Waals surface area contributed by atoms with Crippen LogP contribution < -0.4 is 9.47 Å². The minimum Gasteiger partial charge on any atom is -0.493 e. The summed E-state index contributed by atoms with van der Waals surface area (Å²) in [5.74, 6) is 0.997. The zero-order chi connectivity index (χ0) is 17.1. The Balaban J connectivity index is 1.94. The van der Waals surface area contributed by atoms with Gasteiger partial charge in [0.25, 0.3) is 0 Å². The van der Waals surface area contributed by atoms with Gasteiger partial charge in [0, 0.05) is 11.1 Å². The third-order valence-corrected chi connectivity index (χ3v) is 5.23. The molecule has 6 heteroatoms. The number of hydrogen-bond donors (Lipinski definition) is 0. The molecule has 1 aliphatic rings. The van der Waals surface area contributed by atoms with Crippen LogP contribution in [0.4, 0.5) is 5.00 Å². The zero-order valence-corrected chi connectivity index (χ0v) is 14.7. The molecule has 1 heterocycles. The number of thiophene rings is 1. The Bertz CT molecular complexity index is 795. The van der Waals surface area contributed by atoms with Gasteiger partial charge in [-0.3, -0.25) is 0 Å². The summed E-state index contributed by atoms with van der Waals surface area (Å²) >= 11 is 1.57. The van der Waals surface area contributed by atoms with Crippen LogP contribution in [-0.4, -0.2) is 33.5 Å². The van der Waals surface area contributed by atoms with Gasteiger partial charge < -0.3 is 14.2 Å². The molecule has 1 aromatic heterocycles. The third-order valence-electron chi connectivity index (χ3n) is 4.03. The molecule has 0 saturated heterocycles. The average Bonchev–Trinajstić information content (AvgIpc) is 3.19. The summed E-state index contributed by atoms with van der Waals surface area (Å²) < 4.78 is 15.5. The molecule has 0 N–H and O–H groups in total. The molecule has 1 aromatic carbocycles. The van der Waals surface area contributed by atoms with Crippen LogP contribution in [0.25, 0.3) is 0 Å². The molecule has 0 radical (unpaired) electrons. The SMILES string of the molecule is COC(=O)c1c(N=Cc2ccc(OC)c(OC)c2)sc2c1CCC2. The van der Waals surface area contributed by atoms with Gasteiger partial charge in [0.2, 0.25) is 0 Å². The fraction of sp³-hybridized carbons (Fsp3) is 0.333. The van der Waals surface area contributed by atoms with E-state index in [1.165, 1.54) is 12.0 Å². The second kappa shape index (κ2) is 7.05. The Hall–Kier alpha value is -2.34. The van der Waals surface area contributed by atoms with Gasteiger partial charge in [0.1, 0.15) is 5.00 Å². The number of aryl methyl sites for hydroxylation is 1. The summed E-state index contributed by atoms with van der Waals surface area (Å²) in [7, 11) is 4.60. The van der Waals surface area contributed by atoms with E-state index < -0.39 is 0 Å².